The number of hydrogen-bond donors (Lipinski definition) is 1. The molecule has 13 heavy (non-hydrogen) atoms. The summed E-state index contributed by atoms with van der Waals surface area (Å²) in [6.07, 6.45) is 0. The minimum atomic E-state index is -0.799. The van der Waals surface area contributed by atoms with E-state index in [1.807, 2.05) is 13.0 Å². The van der Waals surface area contributed by atoms with Crippen molar-refractivity contribution in [1.29, 1.82) is 0 Å². The Morgan fingerprint density at radius 2 is 1.85 bits per heavy atom. The van der Waals surface area contributed by atoms with Crippen molar-refractivity contribution in [3.8, 4) is 0 Å². The summed E-state index contributed by atoms with van der Waals surface area (Å²) in [5.74, 6) is -1.56. The fourth-order valence-corrected chi connectivity index (χ4v) is 1.52. The first kappa shape index (κ1) is 8.23. The number of fused-ring (bicyclic) bond motifs is 1. The van der Waals surface area contributed by atoms with Gasteiger partial charge in [0, 0.05) is 22.7 Å². The van der Waals surface area contributed by atoms with E-state index in [-0.39, 0.29) is 0 Å². The van der Waals surface area contributed by atoms with Gasteiger partial charge in [0.05, 0.1) is 0 Å². The smallest absolute Gasteiger partial charge is 0.162 e. The van der Waals surface area contributed by atoms with Gasteiger partial charge in [0.2, 0.25) is 0 Å². The number of rotatable bonds is 0. The zero-order chi connectivity index (χ0) is 9.59. The van der Waals surface area contributed by atoms with Crippen molar-refractivity contribution in [2.24, 2.45) is 0 Å². The van der Waals surface area contributed by atoms with Gasteiger partial charge in [-0.1, -0.05) is 0 Å². The fourth-order valence-electron chi connectivity index (χ4n) is 1.52. The van der Waals surface area contributed by atoms with Crippen molar-refractivity contribution in [3.63, 3.8) is 0 Å². The van der Waals surface area contributed by atoms with E-state index in [2.05, 4.69) is 4.98 Å². The molecule has 0 aliphatic carbocycles. The van der Waals surface area contributed by atoms with Gasteiger partial charge in [0.15, 0.2) is 11.6 Å². The van der Waals surface area contributed by atoms with Gasteiger partial charge in [-0.3, -0.25) is 0 Å². The monoisotopic (exact) mass is 181 g/mol. The molecule has 1 aromatic heterocycles. The Labute approximate surface area is 74.4 Å². The van der Waals surface area contributed by atoms with E-state index in [0.717, 1.165) is 11.1 Å². The number of aromatic nitrogens is 1. The third kappa shape index (κ3) is 1.11. The van der Waals surface area contributed by atoms with Crippen molar-refractivity contribution in [1.82, 2.24) is 4.98 Å². The van der Waals surface area contributed by atoms with Crippen molar-refractivity contribution >= 4 is 10.9 Å². The molecule has 0 atom stereocenters. The highest BCUT2D eigenvalue weighted by molar-refractivity contribution is 5.83. The van der Waals surface area contributed by atoms with Crippen LogP contribution in [0.3, 0.4) is 0 Å². The molecule has 1 heterocycles. The molecule has 0 saturated heterocycles. The highest BCUT2D eigenvalue weighted by atomic mass is 19.2. The van der Waals surface area contributed by atoms with Crippen LogP contribution in [-0.4, -0.2) is 4.98 Å². The lowest BCUT2D eigenvalue weighted by atomic mass is 10.1. The normalized spacial score (nSPS) is 11.1. The average Bonchev–Trinajstić information content (AvgIpc) is 2.42. The highest BCUT2D eigenvalue weighted by Gasteiger charge is 2.10. The molecule has 0 aliphatic heterocycles. The van der Waals surface area contributed by atoms with Crippen LogP contribution in [0.25, 0.3) is 10.9 Å². The zero-order valence-corrected chi connectivity index (χ0v) is 7.41. The summed E-state index contributed by atoms with van der Waals surface area (Å²) in [6, 6.07) is 3.00. The predicted molar refractivity (Wildman–Crippen MR) is 47.7 cm³/mol. The third-order valence-corrected chi connectivity index (χ3v) is 2.20. The minimum absolute atomic E-state index is 0.361. The Hall–Kier alpha value is -1.38. The van der Waals surface area contributed by atoms with Crippen LogP contribution in [0.2, 0.25) is 0 Å². The summed E-state index contributed by atoms with van der Waals surface area (Å²) in [4.78, 5) is 2.96. The van der Waals surface area contributed by atoms with Crippen molar-refractivity contribution in [2.45, 2.75) is 13.8 Å². The Kier molecular flexibility index (Phi) is 1.62. The number of aryl methyl sites for hydroxylation is 2. The molecular weight excluding hydrogens is 172 g/mol. The topological polar surface area (TPSA) is 15.8 Å². The molecule has 1 nitrogen and oxygen atoms in total. The summed E-state index contributed by atoms with van der Waals surface area (Å²) >= 11 is 0. The Morgan fingerprint density at radius 3 is 2.54 bits per heavy atom. The number of halogens is 2. The molecule has 0 spiro atoms. The van der Waals surface area contributed by atoms with Crippen molar-refractivity contribution in [3.05, 3.63) is 35.0 Å². The molecule has 68 valence electrons. The SMILES string of the molecule is Cc1cc2c(C)c(F)c(F)cc2[nH]1. The maximum absolute atomic E-state index is 13.1. The first-order valence-electron chi connectivity index (χ1n) is 4.03. The summed E-state index contributed by atoms with van der Waals surface area (Å²) in [6.45, 7) is 3.43. The second-order valence-electron chi connectivity index (χ2n) is 3.21. The molecule has 2 aromatic rings. The molecular formula is C10H9F2N. The predicted octanol–water partition coefficient (Wildman–Crippen LogP) is 3.06. The molecule has 1 aromatic carbocycles. The van der Waals surface area contributed by atoms with Crippen LogP contribution in [-0.2, 0) is 0 Å². The largest absolute Gasteiger partial charge is 0.359 e. The Morgan fingerprint density at radius 1 is 1.15 bits per heavy atom. The number of hydrogen-bond acceptors (Lipinski definition) is 0. The number of aromatic amines is 1. The van der Waals surface area contributed by atoms with Crippen LogP contribution in [0.1, 0.15) is 11.3 Å². The van der Waals surface area contributed by atoms with Gasteiger partial charge in [-0.05, 0) is 25.5 Å². The first-order chi connectivity index (χ1) is 6.09. The van der Waals surface area contributed by atoms with Crippen LogP contribution in [0.15, 0.2) is 12.1 Å². The van der Waals surface area contributed by atoms with E-state index in [1.54, 1.807) is 6.92 Å². The Bertz CT molecular complexity index is 471. The van der Waals surface area contributed by atoms with Crippen molar-refractivity contribution < 1.29 is 8.78 Å². The van der Waals surface area contributed by atoms with Crippen LogP contribution >= 0.6 is 0 Å². The molecule has 3 heteroatoms. The van der Waals surface area contributed by atoms with Crippen molar-refractivity contribution in [2.75, 3.05) is 0 Å². The van der Waals surface area contributed by atoms with Gasteiger partial charge >= 0.3 is 0 Å². The molecule has 0 amide bonds. The van der Waals surface area contributed by atoms with E-state index in [9.17, 15) is 8.78 Å². The quantitative estimate of drug-likeness (QED) is 0.642. The van der Waals surface area contributed by atoms with Gasteiger partial charge in [0.1, 0.15) is 0 Å². The summed E-state index contributed by atoms with van der Waals surface area (Å²) in [5, 5.41) is 0.747. The Balaban J connectivity index is 2.92. The molecule has 2 rings (SSSR count). The lowest BCUT2D eigenvalue weighted by molar-refractivity contribution is 0.505. The lowest BCUT2D eigenvalue weighted by Crippen LogP contribution is -1.88. The minimum Gasteiger partial charge on any atom is -0.359 e. The van der Waals surface area contributed by atoms with Gasteiger partial charge in [-0.2, -0.15) is 0 Å². The van der Waals surface area contributed by atoms with Gasteiger partial charge in [-0.15, -0.1) is 0 Å². The van der Waals surface area contributed by atoms with Gasteiger partial charge in [0.25, 0.3) is 0 Å². The summed E-state index contributed by atoms with van der Waals surface area (Å²) < 4.78 is 26.0. The van der Waals surface area contributed by atoms with E-state index in [1.165, 1.54) is 6.07 Å². The second-order valence-corrected chi connectivity index (χ2v) is 3.21. The summed E-state index contributed by atoms with van der Waals surface area (Å²) in [7, 11) is 0. The van der Waals surface area contributed by atoms with E-state index < -0.39 is 11.6 Å². The van der Waals surface area contributed by atoms with Crippen LogP contribution in [0.4, 0.5) is 8.78 Å². The van der Waals surface area contributed by atoms with Crippen LogP contribution in [0.5, 0.6) is 0 Å². The molecule has 0 unspecified atom stereocenters. The molecule has 0 radical (unpaired) electrons. The first-order valence-corrected chi connectivity index (χ1v) is 4.03. The summed E-state index contributed by atoms with van der Waals surface area (Å²) in [5.41, 5.74) is 1.91. The number of nitrogens with one attached hydrogen (secondary N) is 1. The fraction of sp³-hybridized carbons (Fsp3) is 0.200. The standard InChI is InChI=1S/C10H9F2N/c1-5-3-7-6(2)10(12)8(11)4-9(7)13-5/h3-4,13H,1-2H3. The molecule has 1 N–H and O–H groups in total. The van der Waals surface area contributed by atoms with E-state index >= 15 is 0 Å². The molecule has 0 fully saturated rings. The van der Waals surface area contributed by atoms with E-state index in [0.29, 0.717) is 11.1 Å². The highest BCUT2D eigenvalue weighted by Crippen LogP contribution is 2.23. The average molecular weight is 181 g/mol. The second kappa shape index (κ2) is 2.55. The lowest BCUT2D eigenvalue weighted by Gasteiger charge is -1.99. The third-order valence-electron chi connectivity index (χ3n) is 2.20. The zero-order valence-electron chi connectivity index (χ0n) is 7.41. The molecule has 0 bridgehead atoms. The van der Waals surface area contributed by atoms with Gasteiger partial charge < -0.3 is 4.98 Å². The van der Waals surface area contributed by atoms with E-state index in [4.69, 9.17) is 0 Å². The molecule has 0 aliphatic rings. The number of H-pyrrole nitrogens is 1. The van der Waals surface area contributed by atoms with Gasteiger partial charge in [-0.25, -0.2) is 8.78 Å². The maximum atomic E-state index is 13.1. The maximum Gasteiger partial charge on any atom is 0.162 e. The number of benzene rings is 1. The molecule has 0 saturated carbocycles. The van der Waals surface area contributed by atoms with Crippen LogP contribution in [0, 0.1) is 25.5 Å². The van der Waals surface area contributed by atoms with Crippen LogP contribution < -0.4 is 0 Å².